The summed E-state index contributed by atoms with van der Waals surface area (Å²) in [5.41, 5.74) is 1.47. The summed E-state index contributed by atoms with van der Waals surface area (Å²) < 4.78 is 0. The first-order valence-corrected chi connectivity index (χ1v) is 6.12. The lowest BCUT2D eigenvalue weighted by Gasteiger charge is -2.54. The van der Waals surface area contributed by atoms with Crippen LogP contribution in [0.25, 0.3) is 0 Å². The fraction of sp³-hybridized carbons (Fsp3) is 1.00. The van der Waals surface area contributed by atoms with Crippen LogP contribution in [0.4, 0.5) is 0 Å². The van der Waals surface area contributed by atoms with Gasteiger partial charge in [0.25, 0.3) is 0 Å². The van der Waals surface area contributed by atoms with Gasteiger partial charge in [-0.25, -0.2) is 0 Å². The van der Waals surface area contributed by atoms with E-state index in [1.807, 2.05) is 0 Å². The Morgan fingerprint density at radius 3 is 1.64 bits per heavy atom. The summed E-state index contributed by atoms with van der Waals surface area (Å²) in [6.45, 7) is 9.37. The molecule has 3 aliphatic rings. The van der Waals surface area contributed by atoms with Gasteiger partial charge in [0.2, 0.25) is 0 Å². The molecule has 0 atom stereocenters. The van der Waals surface area contributed by atoms with Crippen LogP contribution in [0.5, 0.6) is 0 Å². The Labute approximate surface area is 88.7 Å². The molecule has 0 aromatic rings. The highest BCUT2D eigenvalue weighted by atomic mass is 15.0. The van der Waals surface area contributed by atoms with Gasteiger partial charge >= 0.3 is 0 Å². The van der Waals surface area contributed by atoms with E-state index in [0.29, 0.717) is 11.0 Å². The zero-order valence-corrected chi connectivity index (χ0v) is 10.2. The molecule has 1 N–H and O–H groups in total. The normalized spacial score (nSPS) is 42.9. The molecule has 82 valence electrons. The summed E-state index contributed by atoms with van der Waals surface area (Å²) in [6.07, 6.45) is 8.53. The van der Waals surface area contributed by atoms with Gasteiger partial charge < -0.3 is 5.32 Å². The van der Waals surface area contributed by atoms with Gasteiger partial charge in [-0.15, -0.1) is 0 Å². The topological polar surface area (TPSA) is 12.0 Å². The minimum atomic E-state index is 0.283. The van der Waals surface area contributed by atoms with Crippen LogP contribution in [0.1, 0.15) is 66.2 Å². The van der Waals surface area contributed by atoms with Crippen LogP contribution in [-0.2, 0) is 0 Å². The molecule has 3 fully saturated rings. The maximum atomic E-state index is 3.88. The molecule has 3 aliphatic carbocycles. The van der Waals surface area contributed by atoms with Crippen molar-refractivity contribution in [3.8, 4) is 0 Å². The van der Waals surface area contributed by atoms with E-state index in [0.717, 1.165) is 0 Å². The predicted octanol–water partition coefficient (Wildman–Crippen LogP) is 3.49. The Bertz CT molecular complexity index is 199. The molecule has 0 aromatic carbocycles. The third-order valence-corrected chi connectivity index (χ3v) is 4.26. The lowest BCUT2D eigenvalue weighted by molar-refractivity contribution is 0.0220. The van der Waals surface area contributed by atoms with Crippen LogP contribution in [0.2, 0.25) is 0 Å². The second-order valence-electron chi connectivity index (χ2n) is 6.97. The molecule has 0 heterocycles. The summed E-state index contributed by atoms with van der Waals surface area (Å²) in [5, 5.41) is 3.88. The Morgan fingerprint density at radius 2 is 1.29 bits per heavy atom. The molecule has 1 nitrogen and oxygen atoms in total. The molecule has 0 unspecified atom stereocenters. The van der Waals surface area contributed by atoms with Gasteiger partial charge in [0.15, 0.2) is 0 Å². The van der Waals surface area contributed by atoms with E-state index in [1.54, 1.807) is 0 Å². The minimum absolute atomic E-state index is 0.283. The monoisotopic (exact) mass is 195 g/mol. The molecule has 0 aromatic heterocycles. The molecule has 0 aliphatic heterocycles. The van der Waals surface area contributed by atoms with Gasteiger partial charge in [-0.2, -0.15) is 0 Å². The fourth-order valence-electron chi connectivity index (χ4n) is 3.36. The molecule has 3 saturated carbocycles. The highest BCUT2D eigenvalue weighted by Gasteiger charge is 2.46. The second-order valence-corrected chi connectivity index (χ2v) is 6.97. The average molecular weight is 195 g/mol. The predicted molar refractivity (Wildman–Crippen MR) is 61.4 cm³/mol. The van der Waals surface area contributed by atoms with Crippen LogP contribution in [0.3, 0.4) is 0 Å². The van der Waals surface area contributed by atoms with Crippen LogP contribution in [-0.4, -0.2) is 11.1 Å². The zero-order valence-electron chi connectivity index (χ0n) is 10.2. The van der Waals surface area contributed by atoms with Crippen molar-refractivity contribution in [2.75, 3.05) is 0 Å². The summed E-state index contributed by atoms with van der Waals surface area (Å²) in [6, 6.07) is 0. The van der Waals surface area contributed by atoms with Crippen molar-refractivity contribution in [3.05, 3.63) is 0 Å². The number of nitrogens with one attached hydrogen (secondary N) is 1. The second kappa shape index (κ2) is 2.98. The van der Waals surface area contributed by atoms with E-state index in [1.165, 1.54) is 38.5 Å². The summed E-state index contributed by atoms with van der Waals surface area (Å²) >= 11 is 0. The van der Waals surface area contributed by atoms with E-state index in [4.69, 9.17) is 0 Å². The molecular weight excluding hydrogens is 170 g/mol. The van der Waals surface area contributed by atoms with Crippen molar-refractivity contribution in [1.82, 2.24) is 5.32 Å². The summed E-state index contributed by atoms with van der Waals surface area (Å²) in [7, 11) is 0. The van der Waals surface area contributed by atoms with Gasteiger partial charge in [0.1, 0.15) is 0 Å². The minimum Gasteiger partial charge on any atom is -0.307 e. The zero-order chi connectivity index (χ0) is 10.4. The largest absolute Gasteiger partial charge is 0.307 e. The fourth-order valence-corrected chi connectivity index (χ4v) is 3.36. The maximum absolute atomic E-state index is 3.88. The average Bonchev–Trinajstić information content (AvgIpc) is 2.05. The maximum Gasteiger partial charge on any atom is 0.0187 e. The van der Waals surface area contributed by atoms with Gasteiger partial charge in [0, 0.05) is 11.1 Å². The Balaban J connectivity index is 2.05. The quantitative estimate of drug-likeness (QED) is 0.675. The van der Waals surface area contributed by atoms with Crippen molar-refractivity contribution in [2.45, 2.75) is 77.3 Å². The molecule has 0 saturated heterocycles. The summed E-state index contributed by atoms with van der Waals surface area (Å²) in [5.74, 6) is 0. The molecule has 2 bridgehead atoms. The lowest BCUT2D eigenvalue weighted by atomic mass is 9.58. The van der Waals surface area contributed by atoms with Crippen molar-refractivity contribution in [3.63, 3.8) is 0 Å². The molecule has 0 radical (unpaired) electrons. The number of rotatable bonds is 1. The highest BCUT2D eigenvalue weighted by molar-refractivity contribution is 5.04. The third kappa shape index (κ3) is 1.98. The lowest BCUT2D eigenvalue weighted by Crippen LogP contribution is -2.59. The number of hydrogen-bond acceptors (Lipinski definition) is 1. The van der Waals surface area contributed by atoms with E-state index >= 15 is 0 Å². The third-order valence-electron chi connectivity index (χ3n) is 4.26. The molecule has 1 heteroatoms. The van der Waals surface area contributed by atoms with Gasteiger partial charge in [-0.05, 0) is 64.7 Å². The van der Waals surface area contributed by atoms with Crippen molar-refractivity contribution in [1.29, 1.82) is 0 Å². The van der Waals surface area contributed by atoms with Gasteiger partial charge in [0.05, 0.1) is 0 Å². The standard InChI is InChI=1S/C13H25N/c1-11(2,3)14-13-8-5-12(4,6-9-13)7-10-13/h14H,5-10H2,1-4H3. The van der Waals surface area contributed by atoms with E-state index in [2.05, 4.69) is 33.0 Å². The van der Waals surface area contributed by atoms with Crippen LogP contribution in [0, 0.1) is 5.41 Å². The van der Waals surface area contributed by atoms with E-state index in [-0.39, 0.29) is 5.54 Å². The van der Waals surface area contributed by atoms with E-state index in [9.17, 15) is 0 Å². The van der Waals surface area contributed by atoms with Crippen LogP contribution < -0.4 is 5.32 Å². The van der Waals surface area contributed by atoms with Gasteiger partial charge in [-0.1, -0.05) is 6.92 Å². The Kier molecular flexibility index (Phi) is 2.23. The Morgan fingerprint density at radius 1 is 0.857 bits per heavy atom. The van der Waals surface area contributed by atoms with Crippen molar-refractivity contribution < 1.29 is 0 Å². The first-order chi connectivity index (χ1) is 6.33. The molecule has 0 amide bonds. The number of hydrogen-bond donors (Lipinski definition) is 1. The van der Waals surface area contributed by atoms with Gasteiger partial charge in [-0.3, -0.25) is 0 Å². The molecule has 14 heavy (non-hydrogen) atoms. The first kappa shape index (κ1) is 10.5. The van der Waals surface area contributed by atoms with Crippen molar-refractivity contribution >= 4 is 0 Å². The SMILES string of the molecule is CC12CCC(NC(C)(C)C)(CC1)CC2. The van der Waals surface area contributed by atoms with Crippen LogP contribution in [0.15, 0.2) is 0 Å². The highest BCUT2D eigenvalue weighted by Crippen LogP contribution is 2.52. The van der Waals surface area contributed by atoms with Crippen LogP contribution >= 0.6 is 0 Å². The van der Waals surface area contributed by atoms with Crippen molar-refractivity contribution in [2.24, 2.45) is 5.41 Å². The van der Waals surface area contributed by atoms with E-state index < -0.39 is 0 Å². The smallest absolute Gasteiger partial charge is 0.0187 e. The molecule has 3 rings (SSSR count). The molecular formula is C13H25N. The molecule has 0 spiro atoms. The Hall–Kier alpha value is -0.0400. The first-order valence-electron chi connectivity index (χ1n) is 6.12. The summed E-state index contributed by atoms with van der Waals surface area (Å²) in [4.78, 5) is 0. The number of fused-ring (bicyclic) bond motifs is 3.